The van der Waals surface area contributed by atoms with E-state index in [0.717, 1.165) is 28.1 Å². The molecule has 2 aliphatic rings. The first kappa shape index (κ1) is 19.0. The normalized spacial score (nSPS) is 16.7. The van der Waals surface area contributed by atoms with Crippen LogP contribution >= 0.6 is 0 Å². The SMILES string of the molecule is C/C(Nc1cc2n(n1)CC(=O)N(C)C2)=C1/C(=O)Nc2cnc(-c3cnccc3C)cc21. The van der Waals surface area contributed by atoms with Gasteiger partial charge >= 0.3 is 0 Å². The Hall–Kier alpha value is -4.01. The van der Waals surface area contributed by atoms with Gasteiger partial charge < -0.3 is 15.5 Å². The van der Waals surface area contributed by atoms with Crippen LogP contribution in [0.15, 0.2) is 42.5 Å². The molecule has 0 aromatic carbocycles. The highest BCUT2D eigenvalue weighted by Gasteiger charge is 2.28. The van der Waals surface area contributed by atoms with E-state index in [0.29, 0.717) is 29.3 Å². The minimum atomic E-state index is -0.194. The largest absolute Gasteiger partial charge is 0.342 e. The maximum atomic E-state index is 12.7. The van der Waals surface area contributed by atoms with E-state index in [9.17, 15) is 9.59 Å². The molecule has 2 amide bonds. The maximum Gasteiger partial charge on any atom is 0.258 e. The molecule has 0 atom stereocenters. The van der Waals surface area contributed by atoms with Crippen LogP contribution in [-0.2, 0) is 22.7 Å². The summed E-state index contributed by atoms with van der Waals surface area (Å²) in [7, 11) is 1.77. The topological polar surface area (TPSA) is 105 Å². The molecule has 2 N–H and O–H groups in total. The summed E-state index contributed by atoms with van der Waals surface area (Å²) < 4.78 is 1.69. The van der Waals surface area contributed by atoms with Crippen LogP contribution in [0.5, 0.6) is 0 Å². The third kappa shape index (κ3) is 3.24. The molecule has 9 nitrogen and oxygen atoms in total. The number of anilines is 2. The van der Waals surface area contributed by atoms with E-state index in [-0.39, 0.29) is 18.4 Å². The summed E-state index contributed by atoms with van der Waals surface area (Å²) in [6.07, 6.45) is 5.19. The predicted molar refractivity (Wildman–Crippen MR) is 116 cm³/mol. The van der Waals surface area contributed by atoms with Crippen LogP contribution in [0.1, 0.15) is 23.7 Å². The van der Waals surface area contributed by atoms with Crippen molar-refractivity contribution in [3.05, 3.63) is 59.3 Å². The molecule has 3 aromatic rings. The van der Waals surface area contributed by atoms with Crippen molar-refractivity contribution in [3.8, 4) is 11.3 Å². The zero-order valence-electron chi connectivity index (χ0n) is 17.4. The van der Waals surface area contributed by atoms with Crippen LogP contribution in [0, 0.1) is 6.92 Å². The molecule has 9 heteroatoms. The first-order chi connectivity index (χ1) is 14.9. The van der Waals surface area contributed by atoms with Gasteiger partial charge in [0.25, 0.3) is 5.91 Å². The monoisotopic (exact) mass is 415 g/mol. The number of carbonyl (C=O) groups is 2. The van der Waals surface area contributed by atoms with Crippen LogP contribution in [0.2, 0.25) is 0 Å². The molecular weight excluding hydrogens is 394 g/mol. The van der Waals surface area contributed by atoms with E-state index < -0.39 is 0 Å². The second-order valence-corrected chi connectivity index (χ2v) is 7.81. The summed E-state index contributed by atoms with van der Waals surface area (Å²) in [5.74, 6) is 0.425. The van der Waals surface area contributed by atoms with Gasteiger partial charge in [-0.25, -0.2) is 0 Å². The molecule has 0 fully saturated rings. The van der Waals surface area contributed by atoms with Crippen molar-refractivity contribution in [3.63, 3.8) is 0 Å². The molecule has 0 saturated heterocycles. The first-order valence-corrected chi connectivity index (χ1v) is 9.92. The summed E-state index contributed by atoms with van der Waals surface area (Å²) in [5, 5.41) is 10.6. The number of aryl methyl sites for hydroxylation is 1. The van der Waals surface area contributed by atoms with E-state index in [2.05, 4.69) is 25.7 Å². The second-order valence-electron chi connectivity index (χ2n) is 7.81. The van der Waals surface area contributed by atoms with Crippen LogP contribution in [0.4, 0.5) is 11.5 Å². The van der Waals surface area contributed by atoms with Crippen LogP contribution in [0.3, 0.4) is 0 Å². The lowest BCUT2D eigenvalue weighted by atomic mass is 10.0. The lowest BCUT2D eigenvalue weighted by molar-refractivity contribution is -0.132. The zero-order chi connectivity index (χ0) is 21.7. The molecule has 0 aliphatic carbocycles. The highest BCUT2D eigenvalue weighted by atomic mass is 16.2. The minimum absolute atomic E-state index is 0.0204. The van der Waals surface area contributed by atoms with Gasteiger partial charge in [0.1, 0.15) is 6.54 Å². The number of carbonyl (C=O) groups excluding carboxylic acids is 2. The Morgan fingerprint density at radius 1 is 1.16 bits per heavy atom. The zero-order valence-corrected chi connectivity index (χ0v) is 17.4. The number of hydrogen-bond donors (Lipinski definition) is 2. The molecule has 156 valence electrons. The standard InChI is InChI=1S/C22H21N7O2/c1-12-4-5-23-8-16(12)17-7-15-18(9-24-17)26-22(31)21(15)13(2)25-19-6-14-10-28(3)20(30)11-29(14)27-19/h4-9H,10-11H2,1-3H3,(H,25,27)(H,26,31)/b21-13-. The Morgan fingerprint density at radius 2 is 2.00 bits per heavy atom. The number of aromatic nitrogens is 4. The second kappa shape index (κ2) is 7.05. The number of hydrogen-bond acceptors (Lipinski definition) is 6. The molecule has 0 radical (unpaired) electrons. The van der Waals surface area contributed by atoms with Crippen molar-refractivity contribution < 1.29 is 9.59 Å². The predicted octanol–water partition coefficient (Wildman–Crippen LogP) is 2.42. The van der Waals surface area contributed by atoms with Gasteiger partial charge in [-0.15, -0.1) is 0 Å². The number of nitrogens with zero attached hydrogens (tertiary/aromatic N) is 5. The number of nitrogens with one attached hydrogen (secondary N) is 2. The maximum absolute atomic E-state index is 12.7. The van der Waals surface area contributed by atoms with Gasteiger partial charge in [-0.2, -0.15) is 5.10 Å². The van der Waals surface area contributed by atoms with Gasteiger partial charge in [0.05, 0.1) is 35.4 Å². The highest BCUT2D eigenvalue weighted by molar-refractivity contribution is 6.32. The Kier molecular flexibility index (Phi) is 4.32. The Labute approximate surface area is 178 Å². The molecule has 5 rings (SSSR count). The highest BCUT2D eigenvalue weighted by Crippen LogP contribution is 2.36. The molecule has 0 unspecified atom stereocenters. The van der Waals surface area contributed by atoms with Crippen LogP contribution in [-0.4, -0.2) is 43.5 Å². The van der Waals surface area contributed by atoms with E-state index in [1.807, 2.05) is 32.0 Å². The summed E-state index contributed by atoms with van der Waals surface area (Å²) >= 11 is 0. The molecule has 5 heterocycles. The molecular formula is C22H21N7O2. The Bertz CT molecular complexity index is 1270. The van der Waals surface area contributed by atoms with E-state index in [4.69, 9.17) is 0 Å². The molecule has 31 heavy (non-hydrogen) atoms. The lowest BCUT2D eigenvalue weighted by Crippen LogP contribution is -2.36. The number of pyridine rings is 2. The van der Waals surface area contributed by atoms with Gasteiger partial charge in [-0.05, 0) is 31.5 Å². The summed E-state index contributed by atoms with van der Waals surface area (Å²) in [6, 6.07) is 5.74. The van der Waals surface area contributed by atoms with Gasteiger partial charge in [-0.3, -0.25) is 24.2 Å². The van der Waals surface area contributed by atoms with Crippen molar-refractivity contribution >= 4 is 28.9 Å². The smallest absolute Gasteiger partial charge is 0.258 e. The number of likely N-dealkylation sites (N-methyl/N-ethyl adjacent to an activating group) is 1. The fourth-order valence-electron chi connectivity index (χ4n) is 3.94. The van der Waals surface area contributed by atoms with Gasteiger partial charge in [0, 0.05) is 42.3 Å². The van der Waals surface area contributed by atoms with Gasteiger partial charge in [0.2, 0.25) is 5.91 Å². The van der Waals surface area contributed by atoms with Crippen molar-refractivity contribution in [1.82, 2.24) is 24.6 Å². The number of fused-ring (bicyclic) bond motifs is 2. The van der Waals surface area contributed by atoms with Crippen molar-refractivity contribution in [2.45, 2.75) is 26.9 Å². The summed E-state index contributed by atoms with van der Waals surface area (Å²) in [6.45, 7) is 4.56. The van der Waals surface area contributed by atoms with E-state index in [1.54, 1.807) is 35.2 Å². The summed E-state index contributed by atoms with van der Waals surface area (Å²) in [4.78, 5) is 35.0. The number of rotatable bonds is 3. The average molecular weight is 415 g/mol. The third-order valence-electron chi connectivity index (χ3n) is 5.63. The van der Waals surface area contributed by atoms with Crippen LogP contribution < -0.4 is 10.6 Å². The van der Waals surface area contributed by atoms with Crippen molar-refractivity contribution in [2.24, 2.45) is 0 Å². The third-order valence-corrected chi connectivity index (χ3v) is 5.63. The van der Waals surface area contributed by atoms with Crippen molar-refractivity contribution in [2.75, 3.05) is 17.7 Å². The minimum Gasteiger partial charge on any atom is -0.342 e. The Morgan fingerprint density at radius 3 is 2.81 bits per heavy atom. The molecule has 0 bridgehead atoms. The average Bonchev–Trinajstić information content (AvgIpc) is 3.26. The van der Waals surface area contributed by atoms with E-state index in [1.165, 1.54) is 0 Å². The van der Waals surface area contributed by atoms with Crippen LogP contribution in [0.25, 0.3) is 16.8 Å². The van der Waals surface area contributed by atoms with Gasteiger partial charge in [-0.1, -0.05) is 0 Å². The number of allylic oxidation sites excluding steroid dienone is 1. The molecule has 2 aliphatic heterocycles. The lowest BCUT2D eigenvalue weighted by Gasteiger charge is -2.22. The van der Waals surface area contributed by atoms with E-state index >= 15 is 0 Å². The molecule has 0 saturated carbocycles. The summed E-state index contributed by atoms with van der Waals surface area (Å²) in [5.41, 5.74) is 6.34. The molecule has 0 spiro atoms. The molecule has 3 aromatic heterocycles. The fourth-order valence-corrected chi connectivity index (χ4v) is 3.94. The fraction of sp³-hybridized carbons (Fsp3) is 0.227. The van der Waals surface area contributed by atoms with Crippen molar-refractivity contribution in [1.29, 1.82) is 0 Å². The number of amides is 2. The quantitative estimate of drug-likeness (QED) is 0.637. The first-order valence-electron chi connectivity index (χ1n) is 9.92. The Balaban J connectivity index is 1.51. The van der Waals surface area contributed by atoms with Gasteiger partial charge in [0.15, 0.2) is 5.82 Å².